The second-order valence-corrected chi connectivity index (χ2v) is 27.8. The SMILES string of the molecule is CC(C)(C)c1ccc(-c2cccc(-c3cccc(-c4ccccc4)c3)c2N2CN(c3cc(Oc4cc(-c5ccc(C(C)(C)C)cc5)c5c6ccccc6n(-c6cc(C(C)(C)C)c(-c7ccccc7)cn6)c5c4)cc(C(C)(C)C)c3)c3ccccc32)cc1. The summed E-state index contributed by atoms with van der Waals surface area (Å²) < 4.78 is 9.82. The van der Waals surface area contributed by atoms with Gasteiger partial charge >= 0.3 is 0 Å². The molecule has 0 saturated carbocycles. The van der Waals surface area contributed by atoms with Gasteiger partial charge < -0.3 is 14.5 Å². The number of fused-ring (bicyclic) bond motifs is 4. The van der Waals surface area contributed by atoms with E-state index in [2.05, 4.69) is 340 Å². The molecular weight excluding hydrogens is 1060 g/mol. The van der Waals surface area contributed by atoms with Crippen molar-refractivity contribution in [2.75, 3.05) is 16.5 Å². The average molecular weight is 1140 g/mol. The summed E-state index contributed by atoms with van der Waals surface area (Å²) in [4.78, 5) is 10.4. The lowest BCUT2D eigenvalue weighted by atomic mass is 9.82. The van der Waals surface area contributed by atoms with Gasteiger partial charge in [0.2, 0.25) is 0 Å². The fraction of sp³-hybridized carbons (Fsp3) is 0.207. The molecule has 0 atom stereocenters. The van der Waals surface area contributed by atoms with Crippen LogP contribution in [0.3, 0.4) is 0 Å². The molecule has 5 nitrogen and oxygen atoms in total. The molecule has 5 heteroatoms. The van der Waals surface area contributed by atoms with Gasteiger partial charge in [-0.15, -0.1) is 0 Å². The van der Waals surface area contributed by atoms with E-state index in [4.69, 9.17) is 9.72 Å². The zero-order chi connectivity index (χ0) is 60.6. The minimum atomic E-state index is -0.214. The molecule has 12 aromatic rings. The largest absolute Gasteiger partial charge is 0.457 e. The summed E-state index contributed by atoms with van der Waals surface area (Å²) in [7, 11) is 0. The molecule has 0 aliphatic carbocycles. The Morgan fingerprint density at radius 2 is 0.874 bits per heavy atom. The summed E-state index contributed by atoms with van der Waals surface area (Å²) in [5, 5.41) is 2.31. The van der Waals surface area contributed by atoms with Crippen LogP contribution in [0.1, 0.15) is 105 Å². The third-order valence-electron chi connectivity index (χ3n) is 17.5. The van der Waals surface area contributed by atoms with Crippen molar-refractivity contribution in [3.05, 3.63) is 265 Å². The standard InChI is InChI=1S/C82H78N4O/c1-79(2,3)60-41-37-56(38-42-60)66-32-24-33-67(59-30-23-29-58(45-59)54-25-15-13-16-26-54)78(66)85-53-84(73-35-21-22-36-74(73)85)63-46-62(81(7,8)9)47-64(48-63)87-65-49-69(57-39-43-61(44-40-57)80(4,5)6)77-68-31-19-20-34-72(68)86(75(77)50-65)76-51-71(82(10,11)12)70(52-83-76)55-27-17-14-18-28-55/h13-52H,53H2,1-12H3. The number of hydrogen-bond donors (Lipinski definition) is 0. The monoisotopic (exact) mass is 1130 g/mol. The second-order valence-electron chi connectivity index (χ2n) is 27.8. The molecule has 13 rings (SSSR count). The highest BCUT2D eigenvalue weighted by Crippen LogP contribution is 2.52. The molecule has 0 amide bonds. The van der Waals surface area contributed by atoms with Crippen molar-refractivity contribution in [1.82, 2.24) is 9.55 Å². The third-order valence-corrected chi connectivity index (χ3v) is 17.5. The number of anilines is 4. The normalized spacial score (nSPS) is 13.0. The van der Waals surface area contributed by atoms with E-state index in [9.17, 15) is 0 Å². The van der Waals surface area contributed by atoms with Crippen LogP contribution >= 0.6 is 0 Å². The number of aromatic nitrogens is 2. The maximum Gasteiger partial charge on any atom is 0.137 e. The van der Waals surface area contributed by atoms with Crippen LogP contribution in [-0.4, -0.2) is 16.2 Å². The minimum absolute atomic E-state index is 0.00161. The zero-order valence-electron chi connectivity index (χ0n) is 52.5. The summed E-state index contributed by atoms with van der Waals surface area (Å²) in [6, 6.07) is 86.9. The van der Waals surface area contributed by atoms with Gasteiger partial charge in [0.25, 0.3) is 0 Å². The molecule has 1 aliphatic heterocycles. The first-order chi connectivity index (χ1) is 41.7. The lowest BCUT2D eigenvalue weighted by Gasteiger charge is -2.28. The molecule has 0 bridgehead atoms. The molecule has 0 N–H and O–H groups in total. The van der Waals surface area contributed by atoms with Crippen LogP contribution in [0.4, 0.5) is 22.7 Å². The zero-order valence-corrected chi connectivity index (χ0v) is 52.5. The Labute approximate surface area is 515 Å². The Bertz CT molecular complexity index is 4530. The summed E-state index contributed by atoms with van der Waals surface area (Å²) in [6.45, 7) is 28.0. The van der Waals surface area contributed by atoms with Gasteiger partial charge in [-0.05, 0) is 131 Å². The van der Waals surface area contributed by atoms with Gasteiger partial charge in [0.05, 0.1) is 28.1 Å². The van der Waals surface area contributed by atoms with Gasteiger partial charge in [0.1, 0.15) is 24.0 Å². The summed E-state index contributed by atoms with van der Waals surface area (Å²) >= 11 is 0. The Kier molecular flexibility index (Phi) is 14.2. The van der Waals surface area contributed by atoms with Crippen LogP contribution in [0, 0.1) is 0 Å². The van der Waals surface area contributed by atoms with E-state index in [1.54, 1.807) is 0 Å². The lowest BCUT2D eigenvalue weighted by Crippen LogP contribution is -2.25. The van der Waals surface area contributed by atoms with Gasteiger partial charge in [0, 0.05) is 51.5 Å². The Morgan fingerprint density at radius 3 is 1.51 bits per heavy atom. The molecule has 10 aromatic carbocycles. The van der Waals surface area contributed by atoms with Gasteiger partial charge in [0.15, 0.2) is 0 Å². The van der Waals surface area contributed by atoms with E-state index in [1.807, 2.05) is 0 Å². The number of para-hydroxylation sites is 4. The van der Waals surface area contributed by atoms with Crippen molar-refractivity contribution in [2.24, 2.45) is 0 Å². The number of ether oxygens (including phenoxy) is 1. The quantitative estimate of drug-likeness (QED) is 0.137. The number of nitrogens with zero attached hydrogens (tertiary/aromatic N) is 4. The first kappa shape index (κ1) is 56.7. The van der Waals surface area contributed by atoms with Crippen molar-refractivity contribution < 1.29 is 4.74 Å². The predicted octanol–water partition coefficient (Wildman–Crippen LogP) is 22.7. The van der Waals surface area contributed by atoms with Crippen LogP contribution < -0.4 is 14.5 Å². The van der Waals surface area contributed by atoms with E-state index in [0.717, 1.165) is 89.7 Å². The molecule has 0 unspecified atom stereocenters. The summed E-state index contributed by atoms with van der Waals surface area (Å²) in [5.74, 6) is 2.37. The Hall–Kier alpha value is -9.45. The van der Waals surface area contributed by atoms with Crippen LogP contribution in [0.15, 0.2) is 243 Å². The molecule has 2 aromatic heterocycles. The molecule has 0 saturated heterocycles. The van der Waals surface area contributed by atoms with Crippen LogP contribution in [0.5, 0.6) is 11.5 Å². The number of rotatable bonds is 10. The van der Waals surface area contributed by atoms with Crippen molar-refractivity contribution >= 4 is 44.6 Å². The molecule has 0 spiro atoms. The summed E-state index contributed by atoms with van der Waals surface area (Å²) in [5.41, 5.74) is 22.8. The van der Waals surface area contributed by atoms with E-state index in [-0.39, 0.29) is 21.7 Å². The molecule has 1 aliphatic rings. The summed E-state index contributed by atoms with van der Waals surface area (Å²) in [6.07, 6.45) is 2.07. The lowest BCUT2D eigenvalue weighted by molar-refractivity contribution is 0.479. The highest BCUT2D eigenvalue weighted by molar-refractivity contribution is 6.16. The maximum atomic E-state index is 7.46. The van der Waals surface area contributed by atoms with Gasteiger partial charge in [-0.2, -0.15) is 0 Å². The molecule has 0 fully saturated rings. The number of hydrogen-bond acceptors (Lipinski definition) is 4. The van der Waals surface area contributed by atoms with E-state index >= 15 is 0 Å². The predicted molar refractivity (Wildman–Crippen MR) is 369 cm³/mol. The van der Waals surface area contributed by atoms with Crippen molar-refractivity contribution in [3.8, 4) is 73.0 Å². The topological polar surface area (TPSA) is 33.5 Å². The van der Waals surface area contributed by atoms with E-state index in [0.29, 0.717) is 6.67 Å². The molecule has 0 radical (unpaired) electrons. The van der Waals surface area contributed by atoms with E-state index < -0.39 is 0 Å². The fourth-order valence-electron chi connectivity index (χ4n) is 12.7. The first-order valence-corrected chi connectivity index (χ1v) is 30.8. The highest BCUT2D eigenvalue weighted by Gasteiger charge is 2.33. The van der Waals surface area contributed by atoms with Crippen molar-refractivity contribution in [1.29, 1.82) is 0 Å². The van der Waals surface area contributed by atoms with Gasteiger partial charge in [-0.3, -0.25) is 4.57 Å². The Balaban J connectivity index is 0.973. The van der Waals surface area contributed by atoms with Crippen molar-refractivity contribution in [2.45, 2.75) is 105 Å². The van der Waals surface area contributed by atoms with Crippen LogP contribution in [-0.2, 0) is 21.7 Å². The first-order valence-electron chi connectivity index (χ1n) is 30.8. The smallest absolute Gasteiger partial charge is 0.137 e. The minimum Gasteiger partial charge on any atom is -0.457 e. The fourth-order valence-corrected chi connectivity index (χ4v) is 12.7. The van der Waals surface area contributed by atoms with Crippen LogP contribution in [0.25, 0.3) is 83.3 Å². The molecule has 87 heavy (non-hydrogen) atoms. The van der Waals surface area contributed by atoms with Crippen molar-refractivity contribution in [3.63, 3.8) is 0 Å². The average Bonchev–Trinajstić information content (AvgIpc) is 1.63. The second kappa shape index (κ2) is 21.8. The molecule has 432 valence electrons. The highest BCUT2D eigenvalue weighted by atomic mass is 16.5. The third kappa shape index (κ3) is 10.9. The van der Waals surface area contributed by atoms with Crippen LogP contribution in [0.2, 0.25) is 0 Å². The van der Waals surface area contributed by atoms with Gasteiger partial charge in [-0.25, -0.2) is 4.98 Å². The molecule has 3 heterocycles. The van der Waals surface area contributed by atoms with Gasteiger partial charge in [-0.1, -0.05) is 259 Å². The number of benzene rings is 10. The maximum absolute atomic E-state index is 7.46. The van der Waals surface area contributed by atoms with E-state index in [1.165, 1.54) is 50.1 Å². The molecular formula is C82H78N4O. The number of pyridine rings is 1. The Morgan fingerprint density at radius 1 is 0.356 bits per heavy atom.